The van der Waals surface area contributed by atoms with Crippen LogP contribution in [0.2, 0.25) is 0 Å². The van der Waals surface area contributed by atoms with Crippen LogP contribution >= 0.6 is 34.9 Å². The van der Waals surface area contributed by atoms with Crippen LogP contribution in [0.5, 0.6) is 0 Å². The predicted molar refractivity (Wildman–Crippen MR) is 104 cm³/mol. The Balaban J connectivity index is 1.54. The number of benzene rings is 2. The Kier molecular flexibility index (Phi) is 5.83. The summed E-state index contributed by atoms with van der Waals surface area (Å²) >= 11 is 4.78. The predicted octanol–water partition coefficient (Wildman–Crippen LogP) is 4.09. The van der Waals surface area contributed by atoms with Crippen LogP contribution in [0.3, 0.4) is 0 Å². The second-order valence-electron chi connectivity index (χ2n) is 4.87. The van der Waals surface area contributed by atoms with Gasteiger partial charge in [-0.3, -0.25) is 0 Å². The zero-order chi connectivity index (χ0) is 17.0. The normalized spacial score (nSPS) is 11.9. The summed E-state index contributed by atoms with van der Waals surface area (Å²) in [5.74, 6) is 0.641. The van der Waals surface area contributed by atoms with E-state index in [9.17, 15) is 8.42 Å². The lowest BCUT2D eigenvalue weighted by Crippen LogP contribution is -2.25. The summed E-state index contributed by atoms with van der Waals surface area (Å²) in [5.41, 5.74) is 0.986. The van der Waals surface area contributed by atoms with Gasteiger partial charge in [-0.05, 0) is 42.7 Å². The van der Waals surface area contributed by atoms with Crippen LogP contribution in [0.25, 0.3) is 10.2 Å². The maximum atomic E-state index is 12.2. The molecule has 1 N–H and O–H groups in total. The SMILES string of the molecule is CSc1ccc(S(=O)(=O)NCCSc2nc3ccccc3s2)cc1. The number of aromatic nitrogens is 1. The van der Waals surface area contributed by atoms with Crippen molar-refractivity contribution < 1.29 is 8.42 Å². The molecule has 0 aliphatic carbocycles. The Bertz CT molecular complexity index is 888. The van der Waals surface area contributed by atoms with Gasteiger partial charge in [0.15, 0.2) is 4.34 Å². The highest BCUT2D eigenvalue weighted by molar-refractivity contribution is 8.01. The third-order valence-electron chi connectivity index (χ3n) is 3.26. The Morgan fingerprint density at radius 2 is 1.88 bits per heavy atom. The molecule has 1 heterocycles. The fourth-order valence-electron chi connectivity index (χ4n) is 2.07. The van der Waals surface area contributed by atoms with E-state index in [0.717, 1.165) is 19.5 Å². The number of rotatable bonds is 7. The van der Waals surface area contributed by atoms with Crippen molar-refractivity contribution in [3.8, 4) is 0 Å². The highest BCUT2D eigenvalue weighted by atomic mass is 32.2. The van der Waals surface area contributed by atoms with Gasteiger partial charge >= 0.3 is 0 Å². The van der Waals surface area contributed by atoms with Crippen LogP contribution < -0.4 is 4.72 Å². The minimum atomic E-state index is -3.45. The molecule has 8 heteroatoms. The average Bonchev–Trinajstić information content (AvgIpc) is 3.01. The van der Waals surface area contributed by atoms with Gasteiger partial charge in [0.1, 0.15) is 0 Å². The van der Waals surface area contributed by atoms with Gasteiger partial charge in [-0.15, -0.1) is 23.1 Å². The Morgan fingerprint density at radius 3 is 2.58 bits per heavy atom. The van der Waals surface area contributed by atoms with Crippen molar-refractivity contribution in [1.29, 1.82) is 0 Å². The van der Waals surface area contributed by atoms with E-state index in [0.29, 0.717) is 17.2 Å². The number of thioether (sulfide) groups is 2. The van der Waals surface area contributed by atoms with Crippen molar-refractivity contribution in [2.75, 3.05) is 18.6 Å². The summed E-state index contributed by atoms with van der Waals surface area (Å²) in [5, 5.41) is 0. The van der Waals surface area contributed by atoms with Gasteiger partial charge < -0.3 is 0 Å². The molecule has 0 aliphatic rings. The molecule has 0 aliphatic heterocycles. The van der Waals surface area contributed by atoms with E-state index in [4.69, 9.17) is 0 Å². The van der Waals surface area contributed by atoms with Crippen molar-refractivity contribution in [1.82, 2.24) is 9.71 Å². The minimum Gasteiger partial charge on any atom is -0.230 e. The summed E-state index contributed by atoms with van der Waals surface area (Å²) in [4.78, 5) is 5.86. The number of hydrogen-bond donors (Lipinski definition) is 1. The first-order chi connectivity index (χ1) is 11.6. The van der Waals surface area contributed by atoms with Gasteiger partial charge in [0, 0.05) is 17.2 Å². The standard InChI is InChI=1S/C16H16N2O2S4/c1-21-12-6-8-13(9-7-12)24(19,20)17-10-11-22-16-18-14-4-2-3-5-15(14)23-16/h2-9,17H,10-11H2,1H3. The molecule has 3 aromatic rings. The number of sulfonamides is 1. The maximum Gasteiger partial charge on any atom is 0.240 e. The summed E-state index contributed by atoms with van der Waals surface area (Å²) in [7, 11) is -3.45. The van der Waals surface area contributed by atoms with Crippen LogP contribution in [0.1, 0.15) is 0 Å². The average molecular weight is 397 g/mol. The first-order valence-corrected chi connectivity index (χ1v) is 11.7. The van der Waals surface area contributed by atoms with Gasteiger partial charge in [-0.25, -0.2) is 18.1 Å². The lowest BCUT2D eigenvalue weighted by Gasteiger charge is -2.06. The number of thiazole rings is 1. The second-order valence-corrected chi connectivity index (χ2v) is 9.89. The molecule has 2 aromatic carbocycles. The third kappa shape index (κ3) is 4.31. The highest BCUT2D eigenvalue weighted by Crippen LogP contribution is 2.29. The van der Waals surface area contributed by atoms with Crippen molar-refractivity contribution in [2.45, 2.75) is 14.1 Å². The molecule has 0 saturated carbocycles. The zero-order valence-electron chi connectivity index (χ0n) is 12.9. The van der Waals surface area contributed by atoms with E-state index in [-0.39, 0.29) is 0 Å². The molecule has 0 spiro atoms. The van der Waals surface area contributed by atoms with Gasteiger partial charge in [0.05, 0.1) is 15.1 Å². The topological polar surface area (TPSA) is 59.1 Å². The molecule has 0 radical (unpaired) electrons. The molecule has 0 saturated heterocycles. The minimum absolute atomic E-state index is 0.297. The third-order valence-corrected chi connectivity index (χ3v) is 7.67. The fourth-order valence-corrected chi connectivity index (χ4v) is 5.63. The number of para-hydroxylation sites is 1. The van der Waals surface area contributed by atoms with Crippen LogP contribution in [0.4, 0.5) is 0 Å². The van der Waals surface area contributed by atoms with Gasteiger partial charge in [0.25, 0.3) is 0 Å². The molecule has 24 heavy (non-hydrogen) atoms. The molecule has 126 valence electrons. The van der Waals surface area contributed by atoms with Crippen molar-refractivity contribution in [2.24, 2.45) is 0 Å². The Morgan fingerprint density at radius 1 is 1.12 bits per heavy atom. The Labute approximate surface area is 154 Å². The van der Waals surface area contributed by atoms with Gasteiger partial charge in [-0.2, -0.15) is 0 Å². The van der Waals surface area contributed by atoms with E-state index < -0.39 is 10.0 Å². The molecule has 1 aromatic heterocycles. The molecule has 0 fully saturated rings. The summed E-state index contributed by atoms with van der Waals surface area (Å²) in [6.45, 7) is 0.368. The quantitative estimate of drug-likeness (QED) is 0.481. The van der Waals surface area contributed by atoms with E-state index in [1.165, 1.54) is 0 Å². The molecular formula is C16H16N2O2S4. The molecule has 0 bridgehead atoms. The monoisotopic (exact) mass is 396 g/mol. The smallest absolute Gasteiger partial charge is 0.230 e. The number of nitrogens with one attached hydrogen (secondary N) is 1. The van der Waals surface area contributed by atoms with E-state index in [1.807, 2.05) is 42.7 Å². The van der Waals surface area contributed by atoms with Crippen molar-refractivity contribution in [3.05, 3.63) is 48.5 Å². The van der Waals surface area contributed by atoms with Crippen LogP contribution in [0.15, 0.2) is 62.7 Å². The van der Waals surface area contributed by atoms with E-state index >= 15 is 0 Å². The largest absolute Gasteiger partial charge is 0.240 e. The van der Waals surface area contributed by atoms with Crippen molar-refractivity contribution >= 4 is 55.1 Å². The maximum absolute atomic E-state index is 12.2. The van der Waals surface area contributed by atoms with Crippen LogP contribution in [-0.2, 0) is 10.0 Å². The highest BCUT2D eigenvalue weighted by Gasteiger charge is 2.13. The number of nitrogens with zero attached hydrogens (tertiary/aromatic N) is 1. The first kappa shape index (κ1) is 17.8. The molecule has 3 rings (SSSR count). The lowest BCUT2D eigenvalue weighted by atomic mass is 10.3. The molecule has 4 nitrogen and oxygen atoms in total. The fraction of sp³-hybridized carbons (Fsp3) is 0.188. The first-order valence-electron chi connectivity index (χ1n) is 7.20. The number of fused-ring (bicyclic) bond motifs is 1. The summed E-state index contributed by atoms with van der Waals surface area (Å²) in [6, 6.07) is 14.9. The molecule has 0 atom stereocenters. The van der Waals surface area contributed by atoms with E-state index in [2.05, 4.69) is 9.71 Å². The molecule has 0 unspecified atom stereocenters. The van der Waals surface area contributed by atoms with Gasteiger partial charge in [0.2, 0.25) is 10.0 Å². The molecule has 0 amide bonds. The van der Waals surface area contributed by atoms with Crippen molar-refractivity contribution in [3.63, 3.8) is 0 Å². The lowest BCUT2D eigenvalue weighted by molar-refractivity contribution is 0.584. The van der Waals surface area contributed by atoms with Crippen LogP contribution in [-0.4, -0.2) is 32.0 Å². The van der Waals surface area contributed by atoms with E-state index in [1.54, 1.807) is 47.0 Å². The summed E-state index contributed by atoms with van der Waals surface area (Å²) < 4.78 is 29.2. The molecular weight excluding hydrogens is 380 g/mol. The van der Waals surface area contributed by atoms with Crippen LogP contribution in [0, 0.1) is 0 Å². The second kappa shape index (κ2) is 7.88. The zero-order valence-corrected chi connectivity index (χ0v) is 16.2. The summed E-state index contributed by atoms with van der Waals surface area (Å²) in [6.07, 6.45) is 1.96. The number of hydrogen-bond acceptors (Lipinski definition) is 6. The van der Waals surface area contributed by atoms with Gasteiger partial charge in [-0.1, -0.05) is 23.9 Å². The Hall–Kier alpha value is -1.06.